The van der Waals surface area contributed by atoms with Gasteiger partial charge in [-0.2, -0.15) is 0 Å². The number of aryl methyl sites for hydroxylation is 1. The Labute approximate surface area is 119 Å². The zero-order chi connectivity index (χ0) is 14.9. The van der Waals surface area contributed by atoms with Crippen molar-refractivity contribution in [2.45, 2.75) is 20.4 Å². The van der Waals surface area contributed by atoms with Crippen LogP contribution in [0.1, 0.15) is 24.2 Å². The van der Waals surface area contributed by atoms with Gasteiger partial charge in [-0.3, -0.25) is 4.79 Å². The van der Waals surface area contributed by atoms with Crippen LogP contribution in [0, 0.1) is 5.82 Å². The van der Waals surface area contributed by atoms with E-state index in [9.17, 15) is 14.0 Å². The second-order valence-corrected chi connectivity index (χ2v) is 4.57. The molecular weight excluding hydrogens is 285 g/mol. The lowest BCUT2D eigenvalue weighted by Crippen LogP contribution is -2.21. The van der Waals surface area contributed by atoms with Gasteiger partial charge in [0.2, 0.25) is 5.43 Å². The van der Waals surface area contributed by atoms with Crippen molar-refractivity contribution in [3.8, 4) is 0 Å². The fourth-order valence-corrected chi connectivity index (χ4v) is 2.37. The smallest absolute Gasteiger partial charge is 0.343 e. The standard InChI is InChI=1S/C14H13ClFNO3/c1-3-17-7-10(14(19)20-4-2)13(18)9-5-8(16)6-11(15)12(9)17/h5-7H,3-4H2,1-2H3. The molecule has 0 atom stereocenters. The third-order valence-corrected chi connectivity index (χ3v) is 3.21. The van der Waals surface area contributed by atoms with Gasteiger partial charge in [-0.05, 0) is 26.0 Å². The van der Waals surface area contributed by atoms with Crippen LogP contribution in [0.3, 0.4) is 0 Å². The number of carbonyl (C=O) groups excluding carboxylic acids is 1. The van der Waals surface area contributed by atoms with Crippen molar-refractivity contribution in [1.82, 2.24) is 4.57 Å². The second-order valence-electron chi connectivity index (χ2n) is 4.16. The third kappa shape index (κ3) is 2.41. The van der Waals surface area contributed by atoms with E-state index in [4.69, 9.17) is 16.3 Å². The first-order valence-electron chi connectivity index (χ1n) is 6.18. The van der Waals surface area contributed by atoms with E-state index in [0.29, 0.717) is 12.1 Å². The first-order valence-corrected chi connectivity index (χ1v) is 6.56. The zero-order valence-electron chi connectivity index (χ0n) is 11.1. The minimum absolute atomic E-state index is 0.0717. The van der Waals surface area contributed by atoms with Crippen LogP contribution in [0.5, 0.6) is 0 Å². The lowest BCUT2D eigenvalue weighted by Gasteiger charge is -2.12. The highest BCUT2D eigenvalue weighted by atomic mass is 35.5. The summed E-state index contributed by atoms with van der Waals surface area (Å²) in [6.07, 6.45) is 1.40. The molecule has 0 saturated carbocycles. The summed E-state index contributed by atoms with van der Waals surface area (Å²) in [6, 6.07) is 2.22. The van der Waals surface area contributed by atoms with Gasteiger partial charge in [-0.25, -0.2) is 9.18 Å². The number of ether oxygens (including phenoxy) is 1. The number of hydrogen-bond acceptors (Lipinski definition) is 3. The van der Waals surface area contributed by atoms with Crippen molar-refractivity contribution in [2.24, 2.45) is 0 Å². The van der Waals surface area contributed by atoms with Crippen LogP contribution in [0.2, 0.25) is 5.02 Å². The van der Waals surface area contributed by atoms with Gasteiger partial charge in [0, 0.05) is 12.7 Å². The molecule has 0 unspecified atom stereocenters. The molecule has 0 spiro atoms. The van der Waals surface area contributed by atoms with Crippen molar-refractivity contribution in [3.05, 3.63) is 45.0 Å². The Hall–Kier alpha value is -1.88. The van der Waals surface area contributed by atoms with Gasteiger partial charge in [-0.15, -0.1) is 0 Å². The van der Waals surface area contributed by atoms with E-state index in [1.165, 1.54) is 6.20 Å². The van der Waals surface area contributed by atoms with E-state index in [2.05, 4.69) is 0 Å². The number of benzene rings is 1. The number of hydrogen-bond donors (Lipinski definition) is 0. The Morgan fingerprint density at radius 2 is 2.10 bits per heavy atom. The summed E-state index contributed by atoms with van der Waals surface area (Å²) in [4.78, 5) is 24.1. The van der Waals surface area contributed by atoms with Gasteiger partial charge < -0.3 is 9.30 Å². The summed E-state index contributed by atoms with van der Waals surface area (Å²) in [5, 5.41) is 0.205. The Balaban J connectivity index is 2.85. The fourth-order valence-electron chi connectivity index (χ4n) is 2.06. The molecule has 1 heterocycles. The molecule has 2 aromatic rings. The van der Waals surface area contributed by atoms with Crippen molar-refractivity contribution >= 4 is 28.5 Å². The maximum atomic E-state index is 13.4. The summed E-state index contributed by atoms with van der Waals surface area (Å²) in [5.41, 5.74) is -0.291. The average molecular weight is 298 g/mol. The first kappa shape index (κ1) is 14.5. The summed E-state index contributed by atoms with van der Waals surface area (Å²) in [5.74, 6) is -1.34. The van der Waals surface area contributed by atoms with Crippen LogP contribution in [0.15, 0.2) is 23.1 Å². The van der Waals surface area contributed by atoms with Crippen LogP contribution in [0.25, 0.3) is 10.9 Å². The van der Waals surface area contributed by atoms with Gasteiger partial charge in [-0.1, -0.05) is 11.6 Å². The van der Waals surface area contributed by atoms with E-state index in [1.807, 2.05) is 6.92 Å². The second kappa shape index (κ2) is 5.63. The molecule has 6 heteroatoms. The molecule has 0 aliphatic rings. The van der Waals surface area contributed by atoms with Gasteiger partial charge in [0.15, 0.2) is 0 Å². The normalized spacial score (nSPS) is 10.8. The molecule has 4 nitrogen and oxygen atoms in total. The number of pyridine rings is 1. The fraction of sp³-hybridized carbons (Fsp3) is 0.286. The summed E-state index contributed by atoms with van der Waals surface area (Å²) >= 11 is 6.00. The number of esters is 1. The lowest BCUT2D eigenvalue weighted by molar-refractivity contribution is 0.0524. The molecular formula is C14H13ClFNO3. The minimum atomic E-state index is -0.720. The predicted octanol–water partition coefficient (Wildman–Crippen LogP) is 2.99. The average Bonchev–Trinajstić information content (AvgIpc) is 2.39. The van der Waals surface area contributed by atoms with E-state index >= 15 is 0 Å². The topological polar surface area (TPSA) is 48.3 Å². The third-order valence-electron chi connectivity index (χ3n) is 2.93. The van der Waals surface area contributed by atoms with Crippen molar-refractivity contribution in [1.29, 1.82) is 0 Å². The number of halogens is 2. The highest BCUT2D eigenvalue weighted by Gasteiger charge is 2.18. The van der Waals surface area contributed by atoms with Crippen molar-refractivity contribution in [3.63, 3.8) is 0 Å². The SMILES string of the molecule is CCOC(=O)c1cn(CC)c2c(Cl)cc(F)cc2c1=O. The van der Waals surface area contributed by atoms with Crippen LogP contribution in [-0.4, -0.2) is 17.1 Å². The monoisotopic (exact) mass is 297 g/mol. The zero-order valence-corrected chi connectivity index (χ0v) is 11.8. The van der Waals surface area contributed by atoms with Crippen molar-refractivity contribution < 1.29 is 13.9 Å². The predicted molar refractivity (Wildman–Crippen MR) is 74.8 cm³/mol. The summed E-state index contributed by atoms with van der Waals surface area (Å²) in [7, 11) is 0. The molecule has 106 valence electrons. The van der Waals surface area contributed by atoms with E-state index < -0.39 is 17.2 Å². The van der Waals surface area contributed by atoms with E-state index in [-0.39, 0.29) is 22.6 Å². The number of carbonyl (C=O) groups is 1. The molecule has 0 N–H and O–H groups in total. The molecule has 0 aliphatic heterocycles. The molecule has 0 amide bonds. The number of fused-ring (bicyclic) bond motifs is 1. The largest absolute Gasteiger partial charge is 0.462 e. The molecule has 1 aromatic carbocycles. The number of rotatable bonds is 3. The van der Waals surface area contributed by atoms with Gasteiger partial charge in [0.1, 0.15) is 11.4 Å². The van der Waals surface area contributed by atoms with E-state index in [0.717, 1.165) is 12.1 Å². The molecule has 20 heavy (non-hydrogen) atoms. The van der Waals surface area contributed by atoms with Gasteiger partial charge in [0.25, 0.3) is 0 Å². The Kier molecular flexibility index (Phi) is 4.09. The molecule has 0 radical (unpaired) electrons. The van der Waals surface area contributed by atoms with Crippen LogP contribution < -0.4 is 5.43 Å². The summed E-state index contributed by atoms with van der Waals surface area (Å²) in [6.45, 7) is 4.12. The van der Waals surface area contributed by atoms with E-state index in [1.54, 1.807) is 11.5 Å². The highest BCUT2D eigenvalue weighted by Crippen LogP contribution is 2.23. The van der Waals surface area contributed by atoms with Crippen LogP contribution in [0.4, 0.5) is 4.39 Å². The Morgan fingerprint density at radius 3 is 2.70 bits per heavy atom. The molecule has 0 aliphatic carbocycles. The lowest BCUT2D eigenvalue weighted by atomic mass is 10.1. The van der Waals surface area contributed by atoms with Gasteiger partial charge in [0.05, 0.1) is 22.5 Å². The number of nitrogens with zero attached hydrogens (tertiary/aromatic N) is 1. The summed E-state index contributed by atoms with van der Waals surface area (Å²) < 4.78 is 19.9. The highest BCUT2D eigenvalue weighted by molar-refractivity contribution is 6.35. The molecule has 0 bridgehead atoms. The van der Waals surface area contributed by atoms with Gasteiger partial charge >= 0.3 is 5.97 Å². The molecule has 1 aromatic heterocycles. The molecule has 0 saturated heterocycles. The first-order chi connectivity index (χ1) is 9.49. The minimum Gasteiger partial charge on any atom is -0.462 e. The maximum Gasteiger partial charge on any atom is 0.343 e. The Bertz CT molecular complexity index is 739. The maximum absolute atomic E-state index is 13.4. The number of aromatic nitrogens is 1. The van der Waals surface area contributed by atoms with Crippen LogP contribution in [-0.2, 0) is 11.3 Å². The Morgan fingerprint density at radius 1 is 1.40 bits per heavy atom. The van der Waals surface area contributed by atoms with Crippen molar-refractivity contribution in [2.75, 3.05) is 6.61 Å². The van der Waals surface area contributed by atoms with Crippen LogP contribution >= 0.6 is 11.6 Å². The molecule has 2 rings (SSSR count). The quantitative estimate of drug-likeness (QED) is 0.818. The molecule has 0 fully saturated rings.